The van der Waals surface area contributed by atoms with Crippen LogP contribution in [0, 0.1) is 0 Å². The number of nitrogens with zero attached hydrogens (tertiary/aromatic N) is 2. The molecule has 0 radical (unpaired) electrons. The molecule has 1 unspecified atom stereocenters. The maximum absolute atomic E-state index is 12.4. The van der Waals surface area contributed by atoms with Gasteiger partial charge in [-0.3, -0.25) is 9.59 Å². The molecule has 5 heteroatoms. The van der Waals surface area contributed by atoms with E-state index in [1.807, 2.05) is 13.8 Å². The van der Waals surface area contributed by atoms with Gasteiger partial charge in [0.1, 0.15) is 5.54 Å². The molecule has 0 aromatic carbocycles. The fourth-order valence-electron chi connectivity index (χ4n) is 3.09. The summed E-state index contributed by atoms with van der Waals surface area (Å²) in [6.07, 6.45) is 3.79. The second-order valence-electron chi connectivity index (χ2n) is 6.16. The van der Waals surface area contributed by atoms with Crippen LogP contribution in [0.25, 0.3) is 0 Å². The van der Waals surface area contributed by atoms with E-state index in [1.165, 1.54) is 12.8 Å². The van der Waals surface area contributed by atoms with E-state index in [0.29, 0.717) is 25.6 Å². The largest absolute Gasteiger partial charge is 0.342 e. The Labute approximate surface area is 115 Å². The fraction of sp³-hybridized carbons (Fsp3) is 0.857. The number of hydrogen-bond acceptors (Lipinski definition) is 3. The molecule has 2 heterocycles. The number of amides is 2. The highest BCUT2D eigenvalue weighted by atomic mass is 16.2. The molecule has 19 heavy (non-hydrogen) atoms. The number of hydrogen-bond donors (Lipinski definition) is 1. The van der Waals surface area contributed by atoms with Crippen LogP contribution in [0.15, 0.2) is 0 Å². The van der Waals surface area contributed by atoms with Crippen molar-refractivity contribution in [1.29, 1.82) is 0 Å². The number of nitrogens with one attached hydrogen (secondary N) is 1. The molecule has 1 N–H and O–H groups in total. The van der Waals surface area contributed by atoms with Gasteiger partial charge < -0.3 is 15.1 Å². The van der Waals surface area contributed by atoms with E-state index in [1.54, 1.807) is 16.8 Å². The zero-order valence-corrected chi connectivity index (χ0v) is 12.2. The first-order valence-electron chi connectivity index (χ1n) is 7.22. The standard InChI is InChI=1S/C14H25N3O2/c1-14(2)13(19)16(3)9-10-17(14)12(18)7-6-11-5-4-8-15-11/h11,15H,4-10H2,1-3H3. The predicted molar refractivity (Wildman–Crippen MR) is 73.7 cm³/mol. The maximum atomic E-state index is 12.4. The average molecular weight is 267 g/mol. The molecule has 2 amide bonds. The van der Waals surface area contributed by atoms with Gasteiger partial charge in [-0.2, -0.15) is 0 Å². The van der Waals surface area contributed by atoms with Crippen molar-refractivity contribution in [1.82, 2.24) is 15.1 Å². The van der Waals surface area contributed by atoms with Crippen LogP contribution in [0.1, 0.15) is 39.5 Å². The van der Waals surface area contributed by atoms with Crippen LogP contribution in [-0.4, -0.2) is 59.9 Å². The lowest BCUT2D eigenvalue weighted by molar-refractivity contribution is -0.157. The summed E-state index contributed by atoms with van der Waals surface area (Å²) in [5.74, 6) is 0.145. The minimum Gasteiger partial charge on any atom is -0.342 e. The molecular weight excluding hydrogens is 242 g/mol. The first-order valence-corrected chi connectivity index (χ1v) is 7.22. The van der Waals surface area contributed by atoms with E-state index in [2.05, 4.69) is 5.32 Å². The fourth-order valence-corrected chi connectivity index (χ4v) is 3.09. The second-order valence-corrected chi connectivity index (χ2v) is 6.16. The molecular formula is C14H25N3O2. The lowest BCUT2D eigenvalue weighted by atomic mass is 9.96. The van der Waals surface area contributed by atoms with Crippen molar-refractivity contribution in [2.45, 2.75) is 51.1 Å². The quantitative estimate of drug-likeness (QED) is 0.814. The summed E-state index contributed by atoms with van der Waals surface area (Å²) in [5, 5.41) is 3.41. The zero-order chi connectivity index (χ0) is 14.0. The molecule has 0 saturated carbocycles. The van der Waals surface area contributed by atoms with Gasteiger partial charge in [0.25, 0.3) is 0 Å². The van der Waals surface area contributed by atoms with Crippen molar-refractivity contribution in [3.63, 3.8) is 0 Å². The summed E-state index contributed by atoms with van der Waals surface area (Å²) >= 11 is 0. The van der Waals surface area contributed by atoms with Crippen molar-refractivity contribution in [3.8, 4) is 0 Å². The molecule has 2 aliphatic rings. The smallest absolute Gasteiger partial charge is 0.247 e. The monoisotopic (exact) mass is 267 g/mol. The number of carbonyl (C=O) groups is 2. The van der Waals surface area contributed by atoms with E-state index in [-0.39, 0.29) is 11.8 Å². The molecule has 0 spiro atoms. The van der Waals surface area contributed by atoms with Gasteiger partial charge in [0, 0.05) is 32.6 Å². The molecule has 5 nitrogen and oxygen atoms in total. The maximum Gasteiger partial charge on any atom is 0.247 e. The van der Waals surface area contributed by atoms with Gasteiger partial charge in [-0.25, -0.2) is 0 Å². The molecule has 2 fully saturated rings. The molecule has 0 aromatic rings. The Bertz CT molecular complexity index is 362. The Morgan fingerprint density at radius 2 is 2.16 bits per heavy atom. The van der Waals surface area contributed by atoms with Crippen molar-refractivity contribution in [2.24, 2.45) is 0 Å². The Morgan fingerprint density at radius 3 is 2.79 bits per heavy atom. The van der Waals surface area contributed by atoms with Crippen LogP contribution < -0.4 is 5.32 Å². The normalized spacial score (nSPS) is 26.9. The zero-order valence-electron chi connectivity index (χ0n) is 12.2. The van der Waals surface area contributed by atoms with Crippen LogP contribution in [-0.2, 0) is 9.59 Å². The summed E-state index contributed by atoms with van der Waals surface area (Å²) < 4.78 is 0. The van der Waals surface area contributed by atoms with Gasteiger partial charge in [0.2, 0.25) is 11.8 Å². The van der Waals surface area contributed by atoms with Crippen LogP contribution in [0.5, 0.6) is 0 Å². The minimum atomic E-state index is -0.701. The van der Waals surface area contributed by atoms with E-state index in [4.69, 9.17) is 0 Å². The van der Waals surface area contributed by atoms with Gasteiger partial charge in [-0.1, -0.05) is 0 Å². The Balaban J connectivity index is 1.92. The molecule has 2 saturated heterocycles. The molecule has 108 valence electrons. The van der Waals surface area contributed by atoms with Crippen LogP contribution in [0.3, 0.4) is 0 Å². The first kappa shape index (κ1) is 14.3. The highest BCUT2D eigenvalue weighted by Crippen LogP contribution is 2.23. The summed E-state index contributed by atoms with van der Waals surface area (Å²) in [6.45, 7) is 6.03. The topological polar surface area (TPSA) is 52.6 Å². The average Bonchev–Trinajstić information content (AvgIpc) is 2.86. The van der Waals surface area contributed by atoms with Gasteiger partial charge in [0.15, 0.2) is 0 Å². The molecule has 0 aromatic heterocycles. The third kappa shape index (κ3) is 2.91. The number of likely N-dealkylation sites (N-methyl/N-ethyl adjacent to an activating group) is 1. The highest BCUT2D eigenvalue weighted by molar-refractivity contribution is 5.91. The summed E-state index contributed by atoms with van der Waals surface area (Å²) in [5.41, 5.74) is -0.701. The molecule has 2 rings (SSSR count). The van der Waals surface area contributed by atoms with E-state index < -0.39 is 5.54 Å². The van der Waals surface area contributed by atoms with Crippen LogP contribution in [0.4, 0.5) is 0 Å². The molecule has 1 atom stereocenters. The van der Waals surface area contributed by atoms with Gasteiger partial charge in [-0.15, -0.1) is 0 Å². The Morgan fingerprint density at radius 1 is 1.42 bits per heavy atom. The Kier molecular flexibility index (Phi) is 4.13. The SMILES string of the molecule is CN1CCN(C(=O)CCC2CCCN2)C(C)(C)C1=O. The number of piperazine rings is 1. The first-order chi connectivity index (χ1) is 8.93. The van der Waals surface area contributed by atoms with Crippen molar-refractivity contribution in [2.75, 3.05) is 26.7 Å². The van der Waals surface area contributed by atoms with Crippen LogP contribution >= 0.6 is 0 Å². The molecule has 0 aliphatic carbocycles. The molecule has 0 bridgehead atoms. The highest BCUT2D eigenvalue weighted by Gasteiger charge is 2.42. The van der Waals surface area contributed by atoms with Crippen molar-refractivity contribution in [3.05, 3.63) is 0 Å². The van der Waals surface area contributed by atoms with Crippen LogP contribution in [0.2, 0.25) is 0 Å². The summed E-state index contributed by atoms with van der Waals surface area (Å²) in [4.78, 5) is 28.0. The lowest BCUT2D eigenvalue weighted by Crippen LogP contribution is -2.63. The van der Waals surface area contributed by atoms with E-state index >= 15 is 0 Å². The second kappa shape index (κ2) is 5.49. The lowest BCUT2D eigenvalue weighted by Gasteiger charge is -2.44. The number of rotatable bonds is 3. The number of carbonyl (C=O) groups excluding carboxylic acids is 2. The Hall–Kier alpha value is -1.10. The molecule has 2 aliphatic heterocycles. The van der Waals surface area contributed by atoms with Gasteiger partial charge in [-0.05, 0) is 39.7 Å². The van der Waals surface area contributed by atoms with Gasteiger partial charge >= 0.3 is 0 Å². The minimum absolute atomic E-state index is 0.0334. The van der Waals surface area contributed by atoms with Crippen molar-refractivity contribution < 1.29 is 9.59 Å². The third-order valence-electron chi connectivity index (χ3n) is 4.37. The third-order valence-corrected chi connectivity index (χ3v) is 4.37. The van der Waals surface area contributed by atoms with E-state index in [9.17, 15) is 9.59 Å². The summed E-state index contributed by atoms with van der Waals surface area (Å²) in [7, 11) is 1.80. The summed E-state index contributed by atoms with van der Waals surface area (Å²) in [6, 6.07) is 0.482. The van der Waals surface area contributed by atoms with Crippen molar-refractivity contribution >= 4 is 11.8 Å². The van der Waals surface area contributed by atoms with E-state index in [0.717, 1.165) is 13.0 Å². The predicted octanol–water partition coefficient (Wildman–Crippen LogP) is 0.598. The van der Waals surface area contributed by atoms with Gasteiger partial charge in [0.05, 0.1) is 0 Å².